The first-order valence-electron chi connectivity index (χ1n) is 10.2. The van der Waals surface area contributed by atoms with Gasteiger partial charge in [-0.25, -0.2) is 19.0 Å². The van der Waals surface area contributed by atoms with Crippen LogP contribution in [0.1, 0.15) is 35.7 Å². The van der Waals surface area contributed by atoms with Crippen LogP contribution in [-0.2, 0) is 0 Å². The normalized spacial score (nSPS) is 19.0. The van der Waals surface area contributed by atoms with Crippen molar-refractivity contribution in [2.45, 2.75) is 32.7 Å². The second-order valence-electron chi connectivity index (χ2n) is 7.76. The molecule has 4 rings (SSSR count). The first-order chi connectivity index (χ1) is 14.5. The Bertz CT molecular complexity index is 1000. The lowest BCUT2D eigenvalue weighted by Gasteiger charge is -2.40. The van der Waals surface area contributed by atoms with Crippen LogP contribution in [0.5, 0.6) is 0 Å². The van der Waals surface area contributed by atoms with Gasteiger partial charge >= 0.3 is 0 Å². The minimum Gasteiger partial charge on any atom is -0.352 e. The van der Waals surface area contributed by atoms with Crippen molar-refractivity contribution in [3.8, 4) is 5.69 Å². The van der Waals surface area contributed by atoms with E-state index in [1.165, 1.54) is 0 Å². The molecule has 30 heavy (non-hydrogen) atoms. The van der Waals surface area contributed by atoms with Crippen LogP contribution in [-0.4, -0.2) is 49.7 Å². The summed E-state index contributed by atoms with van der Waals surface area (Å²) in [5, 5.41) is 7.47. The van der Waals surface area contributed by atoms with E-state index in [4.69, 9.17) is 0 Å². The number of carbonyl (C=O) groups is 1. The van der Waals surface area contributed by atoms with Gasteiger partial charge in [-0.05, 0) is 43.9 Å². The highest BCUT2D eigenvalue weighted by Crippen LogP contribution is 2.27. The number of nitrogens with one attached hydrogen (secondary N) is 1. The topological polar surface area (TPSA) is 75.9 Å². The van der Waals surface area contributed by atoms with Gasteiger partial charge in [-0.1, -0.05) is 18.6 Å². The van der Waals surface area contributed by atoms with E-state index in [1.807, 2.05) is 42.3 Å². The highest BCUT2D eigenvalue weighted by atomic mass is 19.1. The third kappa shape index (κ3) is 4.17. The molecule has 3 heterocycles. The average Bonchev–Trinajstić information content (AvgIpc) is 3.28. The van der Waals surface area contributed by atoms with Gasteiger partial charge in [0.15, 0.2) is 5.82 Å². The van der Waals surface area contributed by atoms with Crippen LogP contribution < -0.4 is 5.32 Å². The molecule has 0 saturated carbocycles. The quantitative estimate of drug-likeness (QED) is 0.700. The van der Waals surface area contributed by atoms with Crippen LogP contribution in [0.25, 0.3) is 5.69 Å². The fourth-order valence-electron chi connectivity index (χ4n) is 4.00. The monoisotopic (exact) mass is 408 g/mol. The molecule has 0 radical (unpaired) electrons. The maximum absolute atomic E-state index is 13.7. The molecule has 156 valence electrons. The third-order valence-corrected chi connectivity index (χ3v) is 5.60. The molecule has 2 aromatic heterocycles. The van der Waals surface area contributed by atoms with E-state index in [0.29, 0.717) is 30.5 Å². The number of amides is 1. The number of hydrogen-bond donors (Lipinski definition) is 1. The summed E-state index contributed by atoms with van der Waals surface area (Å²) in [7, 11) is 0. The number of aromatic nitrogens is 4. The van der Waals surface area contributed by atoms with Crippen molar-refractivity contribution in [3.63, 3.8) is 0 Å². The van der Waals surface area contributed by atoms with Crippen LogP contribution in [0.2, 0.25) is 0 Å². The molecular formula is C22H25FN6O. The maximum Gasteiger partial charge on any atom is 0.256 e. The number of piperidine rings is 1. The van der Waals surface area contributed by atoms with E-state index in [9.17, 15) is 9.18 Å². The first-order valence-corrected chi connectivity index (χ1v) is 10.2. The SMILES string of the molecule is Cc1ccc(-n2cccn2)c(C(=O)N2CCCC(C)[C@H]2CNc2ncc(F)cn2)c1. The van der Waals surface area contributed by atoms with Crippen molar-refractivity contribution in [3.05, 3.63) is 66.0 Å². The maximum atomic E-state index is 13.7. The molecule has 1 unspecified atom stereocenters. The molecule has 0 bridgehead atoms. The van der Waals surface area contributed by atoms with Gasteiger partial charge in [0.1, 0.15) is 0 Å². The zero-order chi connectivity index (χ0) is 21.1. The molecule has 1 N–H and O–H groups in total. The van der Waals surface area contributed by atoms with E-state index in [1.54, 1.807) is 10.9 Å². The van der Waals surface area contributed by atoms with Gasteiger partial charge in [0.25, 0.3) is 5.91 Å². The Hall–Kier alpha value is -3.29. The predicted molar refractivity (Wildman–Crippen MR) is 112 cm³/mol. The largest absolute Gasteiger partial charge is 0.352 e. The van der Waals surface area contributed by atoms with Crippen molar-refractivity contribution in [2.24, 2.45) is 5.92 Å². The summed E-state index contributed by atoms with van der Waals surface area (Å²) in [6.45, 7) is 5.32. The number of aryl methyl sites for hydroxylation is 1. The molecule has 0 aliphatic carbocycles. The first kappa shape index (κ1) is 20.0. The Morgan fingerprint density at radius 3 is 2.83 bits per heavy atom. The number of anilines is 1. The Morgan fingerprint density at radius 2 is 2.10 bits per heavy atom. The zero-order valence-corrected chi connectivity index (χ0v) is 17.1. The molecule has 1 saturated heterocycles. The van der Waals surface area contributed by atoms with Gasteiger partial charge in [0.2, 0.25) is 5.95 Å². The lowest BCUT2D eigenvalue weighted by atomic mass is 9.90. The fourth-order valence-corrected chi connectivity index (χ4v) is 4.00. The lowest BCUT2D eigenvalue weighted by molar-refractivity contribution is 0.0539. The van der Waals surface area contributed by atoms with Gasteiger partial charge in [-0.15, -0.1) is 0 Å². The van der Waals surface area contributed by atoms with Crippen LogP contribution in [0.3, 0.4) is 0 Å². The molecule has 1 aliphatic heterocycles. The molecule has 3 aromatic rings. The summed E-state index contributed by atoms with van der Waals surface area (Å²) < 4.78 is 14.8. The minimum absolute atomic E-state index is 0.0115. The summed E-state index contributed by atoms with van der Waals surface area (Å²) in [4.78, 5) is 23.5. The number of hydrogen-bond acceptors (Lipinski definition) is 5. The molecule has 2 atom stereocenters. The summed E-state index contributed by atoms with van der Waals surface area (Å²) >= 11 is 0. The van der Waals surface area contributed by atoms with E-state index in [-0.39, 0.29) is 11.9 Å². The number of likely N-dealkylation sites (tertiary alicyclic amines) is 1. The Balaban J connectivity index is 1.60. The number of carbonyl (C=O) groups excluding carboxylic acids is 1. The minimum atomic E-state index is -0.478. The molecule has 1 aliphatic rings. The molecule has 0 spiro atoms. The Labute approximate surface area is 175 Å². The molecule has 8 heteroatoms. The van der Waals surface area contributed by atoms with Crippen molar-refractivity contribution >= 4 is 11.9 Å². The predicted octanol–water partition coefficient (Wildman–Crippen LogP) is 3.46. The number of nitrogens with zero attached hydrogens (tertiary/aromatic N) is 5. The summed E-state index contributed by atoms with van der Waals surface area (Å²) in [5.74, 6) is 0.180. The summed E-state index contributed by atoms with van der Waals surface area (Å²) in [6.07, 6.45) is 7.80. The molecule has 1 amide bonds. The number of rotatable bonds is 5. The van der Waals surface area contributed by atoms with Crippen molar-refractivity contribution < 1.29 is 9.18 Å². The van der Waals surface area contributed by atoms with Gasteiger partial charge in [0, 0.05) is 25.5 Å². The summed E-state index contributed by atoms with van der Waals surface area (Å²) in [5.41, 5.74) is 2.42. The highest BCUT2D eigenvalue weighted by Gasteiger charge is 2.33. The second kappa shape index (κ2) is 8.61. The van der Waals surface area contributed by atoms with E-state index < -0.39 is 5.82 Å². The Morgan fingerprint density at radius 1 is 1.30 bits per heavy atom. The lowest BCUT2D eigenvalue weighted by Crippen LogP contribution is -2.51. The van der Waals surface area contributed by atoms with Gasteiger partial charge in [-0.2, -0.15) is 5.10 Å². The molecule has 7 nitrogen and oxygen atoms in total. The van der Waals surface area contributed by atoms with Gasteiger partial charge in [0.05, 0.1) is 29.7 Å². The highest BCUT2D eigenvalue weighted by molar-refractivity contribution is 5.98. The van der Waals surface area contributed by atoms with Crippen LogP contribution >= 0.6 is 0 Å². The second-order valence-corrected chi connectivity index (χ2v) is 7.76. The molecule has 1 fully saturated rings. The number of halogens is 1. The van der Waals surface area contributed by atoms with Gasteiger partial charge < -0.3 is 10.2 Å². The average molecular weight is 408 g/mol. The van der Waals surface area contributed by atoms with E-state index >= 15 is 0 Å². The Kier molecular flexibility index (Phi) is 5.74. The molecular weight excluding hydrogens is 383 g/mol. The van der Waals surface area contributed by atoms with Gasteiger partial charge in [-0.3, -0.25) is 4.79 Å². The third-order valence-electron chi connectivity index (χ3n) is 5.60. The van der Waals surface area contributed by atoms with Crippen molar-refractivity contribution in [2.75, 3.05) is 18.4 Å². The summed E-state index contributed by atoms with van der Waals surface area (Å²) in [6, 6.07) is 7.66. The van der Waals surface area contributed by atoms with Crippen LogP contribution in [0, 0.1) is 18.7 Å². The van der Waals surface area contributed by atoms with Crippen molar-refractivity contribution in [1.82, 2.24) is 24.6 Å². The van der Waals surface area contributed by atoms with Crippen molar-refractivity contribution in [1.29, 1.82) is 0 Å². The fraction of sp³-hybridized carbons (Fsp3) is 0.364. The van der Waals surface area contributed by atoms with E-state index in [0.717, 1.165) is 36.5 Å². The molecule has 1 aromatic carbocycles. The zero-order valence-electron chi connectivity index (χ0n) is 17.1. The van der Waals surface area contributed by atoms with Crippen LogP contribution in [0.15, 0.2) is 49.1 Å². The smallest absolute Gasteiger partial charge is 0.256 e. The van der Waals surface area contributed by atoms with Crippen LogP contribution in [0.4, 0.5) is 10.3 Å². The van der Waals surface area contributed by atoms with E-state index in [2.05, 4.69) is 27.3 Å². The standard InChI is InChI=1S/C22H25FN6O/c1-15-6-7-19(29-10-4-8-27-29)18(11-15)21(30)28-9-3-5-16(2)20(28)14-26-22-24-12-17(23)13-25-22/h4,6-8,10-13,16,20H,3,5,9,14H2,1-2H3,(H,24,25,26)/t16?,20-/m1/s1. The number of benzene rings is 1.